The molecule has 0 heterocycles. The number of rotatable bonds is 5. The molecule has 0 fully saturated rings. The van der Waals surface area contributed by atoms with Crippen molar-refractivity contribution in [1.29, 1.82) is 0 Å². The van der Waals surface area contributed by atoms with Gasteiger partial charge in [-0.3, -0.25) is 4.79 Å². The Hall–Kier alpha value is -1.51. The maximum atomic E-state index is 12.4. The number of aryl methyl sites for hydroxylation is 1. The SMILES string of the molecule is CCCNc1cc(C)ccc1C(=O)N(C)C(C)C. The topological polar surface area (TPSA) is 32.3 Å². The van der Waals surface area contributed by atoms with Gasteiger partial charge in [-0.1, -0.05) is 13.0 Å². The number of amides is 1. The minimum Gasteiger partial charge on any atom is -0.384 e. The van der Waals surface area contributed by atoms with Gasteiger partial charge in [0.15, 0.2) is 0 Å². The molecule has 1 amide bonds. The Kier molecular flexibility index (Phi) is 5.20. The quantitative estimate of drug-likeness (QED) is 0.867. The van der Waals surface area contributed by atoms with Crippen molar-refractivity contribution in [3.05, 3.63) is 29.3 Å². The Morgan fingerprint density at radius 2 is 2.06 bits per heavy atom. The zero-order chi connectivity index (χ0) is 13.7. The highest BCUT2D eigenvalue weighted by Gasteiger charge is 2.17. The van der Waals surface area contributed by atoms with E-state index < -0.39 is 0 Å². The molecule has 0 spiro atoms. The molecule has 1 rings (SSSR count). The van der Waals surface area contributed by atoms with Crippen molar-refractivity contribution in [3.8, 4) is 0 Å². The van der Waals surface area contributed by atoms with E-state index in [1.165, 1.54) is 0 Å². The van der Waals surface area contributed by atoms with Crippen molar-refractivity contribution in [2.45, 2.75) is 40.2 Å². The predicted octanol–water partition coefficient (Wildman–Crippen LogP) is 3.30. The monoisotopic (exact) mass is 248 g/mol. The third-order valence-electron chi connectivity index (χ3n) is 3.07. The van der Waals surface area contributed by atoms with Crippen LogP contribution in [0.2, 0.25) is 0 Å². The van der Waals surface area contributed by atoms with E-state index in [9.17, 15) is 4.79 Å². The molecular formula is C15H24N2O. The normalized spacial score (nSPS) is 10.6. The Morgan fingerprint density at radius 1 is 1.39 bits per heavy atom. The third-order valence-corrected chi connectivity index (χ3v) is 3.07. The van der Waals surface area contributed by atoms with Gasteiger partial charge >= 0.3 is 0 Å². The summed E-state index contributed by atoms with van der Waals surface area (Å²) in [5.41, 5.74) is 2.86. The Morgan fingerprint density at radius 3 is 2.61 bits per heavy atom. The summed E-state index contributed by atoms with van der Waals surface area (Å²) in [7, 11) is 1.84. The van der Waals surface area contributed by atoms with E-state index in [-0.39, 0.29) is 11.9 Å². The highest BCUT2D eigenvalue weighted by Crippen LogP contribution is 2.20. The second-order valence-corrected chi connectivity index (χ2v) is 4.99. The largest absolute Gasteiger partial charge is 0.384 e. The number of carbonyl (C=O) groups excluding carboxylic acids is 1. The molecule has 0 bridgehead atoms. The van der Waals surface area contributed by atoms with Crippen LogP contribution in [0.1, 0.15) is 43.1 Å². The van der Waals surface area contributed by atoms with Crippen LogP contribution >= 0.6 is 0 Å². The molecule has 100 valence electrons. The summed E-state index contributed by atoms with van der Waals surface area (Å²) >= 11 is 0. The molecule has 0 aliphatic heterocycles. The molecule has 1 aromatic rings. The lowest BCUT2D eigenvalue weighted by Gasteiger charge is -2.23. The van der Waals surface area contributed by atoms with Crippen LogP contribution in [0.25, 0.3) is 0 Å². The predicted molar refractivity (Wildman–Crippen MR) is 77.2 cm³/mol. The van der Waals surface area contributed by atoms with Gasteiger partial charge in [-0.2, -0.15) is 0 Å². The number of carbonyl (C=O) groups is 1. The lowest BCUT2D eigenvalue weighted by atomic mass is 10.1. The van der Waals surface area contributed by atoms with Crippen LogP contribution in [-0.2, 0) is 0 Å². The molecule has 1 aromatic carbocycles. The van der Waals surface area contributed by atoms with Gasteiger partial charge in [-0.25, -0.2) is 0 Å². The van der Waals surface area contributed by atoms with E-state index in [2.05, 4.69) is 12.2 Å². The van der Waals surface area contributed by atoms with E-state index in [1.54, 1.807) is 4.90 Å². The third kappa shape index (κ3) is 3.49. The number of benzene rings is 1. The summed E-state index contributed by atoms with van der Waals surface area (Å²) in [6.45, 7) is 9.08. The Balaban J connectivity index is 3.03. The van der Waals surface area contributed by atoms with Gasteiger partial charge < -0.3 is 10.2 Å². The molecule has 0 aliphatic carbocycles. The first-order valence-electron chi connectivity index (χ1n) is 6.59. The van der Waals surface area contributed by atoms with Gasteiger partial charge in [0, 0.05) is 25.3 Å². The molecule has 0 atom stereocenters. The minimum absolute atomic E-state index is 0.0728. The average Bonchev–Trinajstić information content (AvgIpc) is 2.34. The number of hydrogen-bond donors (Lipinski definition) is 1. The fraction of sp³-hybridized carbons (Fsp3) is 0.533. The summed E-state index contributed by atoms with van der Waals surface area (Å²) in [4.78, 5) is 14.1. The molecule has 3 heteroatoms. The smallest absolute Gasteiger partial charge is 0.255 e. The van der Waals surface area contributed by atoms with Crippen LogP contribution in [0.15, 0.2) is 18.2 Å². The minimum atomic E-state index is 0.0728. The number of nitrogens with one attached hydrogen (secondary N) is 1. The lowest BCUT2D eigenvalue weighted by molar-refractivity contribution is 0.0756. The summed E-state index contributed by atoms with van der Waals surface area (Å²) in [5, 5.41) is 3.33. The Bertz CT molecular complexity index is 413. The molecule has 0 radical (unpaired) electrons. The molecule has 0 saturated heterocycles. The van der Waals surface area contributed by atoms with Crippen LogP contribution < -0.4 is 5.32 Å². The maximum absolute atomic E-state index is 12.4. The maximum Gasteiger partial charge on any atom is 0.255 e. The van der Waals surface area contributed by atoms with E-state index in [0.717, 1.165) is 29.8 Å². The number of anilines is 1. The van der Waals surface area contributed by atoms with Crippen molar-refractivity contribution >= 4 is 11.6 Å². The average molecular weight is 248 g/mol. The van der Waals surface area contributed by atoms with Crippen LogP contribution in [-0.4, -0.2) is 30.4 Å². The van der Waals surface area contributed by atoms with Crippen LogP contribution in [0.3, 0.4) is 0 Å². The number of hydrogen-bond acceptors (Lipinski definition) is 2. The van der Waals surface area contributed by atoms with Gasteiger partial charge in [0.2, 0.25) is 0 Å². The van der Waals surface area contributed by atoms with Gasteiger partial charge in [-0.15, -0.1) is 0 Å². The van der Waals surface area contributed by atoms with Crippen LogP contribution in [0.4, 0.5) is 5.69 Å². The standard InChI is InChI=1S/C15H24N2O/c1-6-9-16-14-10-12(4)7-8-13(14)15(18)17(5)11(2)3/h7-8,10-11,16H,6,9H2,1-5H3. The summed E-state index contributed by atoms with van der Waals surface area (Å²) < 4.78 is 0. The van der Waals surface area contributed by atoms with Gasteiger partial charge in [0.25, 0.3) is 5.91 Å². The molecule has 18 heavy (non-hydrogen) atoms. The first kappa shape index (κ1) is 14.6. The molecule has 1 N–H and O–H groups in total. The second-order valence-electron chi connectivity index (χ2n) is 4.99. The molecule has 0 unspecified atom stereocenters. The molecule has 3 nitrogen and oxygen atoms in total. The van der Waals surface area contributed by atoms with Gasteiger partial charge in [-0.05, 0) is 44.9 Å². The fourth-order valence-electron chi connectivity index (χ4n) is 1.68. The van der Waals surface area contributed by atoms with Crippen molar-refractivity contribution in [2.75, 3.05) is 18.9 Å². The van der Waals surface area contributed by atoms with E-state index in [1.807, 2.05) is 46.0 Å². The molecule has 0 aromatic heterocycles. The zero-order valence-corrected chi connectivity index (χ0v) is 12.1. The van der Waals surface area contributed by atoms with Crippen molar-refractivity contribution in [1.82, 2.24) is 4.90 Å². The second kappa shape index (κ2) is 6.43. The van der Waals surface area contributed by atoms with Gasteiger partial charge in [0.05, 0.1) is 5.56 Å². The first-order chi connectivity index (χ1) is 8.47. The van der Waals surface area contributed by atoms with E-state index in [0.29, 0.717) is 0 Å². The van der Waals surface area contributed by atoms with Crippen LogP contribution in [0.5, 0.6) is 0 Å². The highest BCUT2D eigenvalue weighted by atomic mass is 16.2. The summed E-state index contributed by atoms with van der Waals surface area (Å²) in [6.07, 6.45) is 1.04. The molecule has 0 aliphatic rings. The zero-order valence-electron chi connectivity index (χ0n) is 12.1. The van der Waals surface area contributed by atoms with E-state index in [4.69, 9.17) is 0 Å². The fourth-order valence-corrected chi connectivity index (χ4v) is 1.68. The number of nitrogens with zero attached hydrogens (tertiary/aromatic N) is 1. The van der Waals surface area contributed by atoms with Crippen molar-refractivity contribution in [2.24, 2.45) is 0 Å². The Labute approximate surface area is 110 Å². The van der Waals surface area contributed by atoms with Crippen molar-refractivity contribution in [3.63, 3.8) is 0 Å². The summed E-state index contributed by atoms with van der Waals surface area (Å²) in [5.74, 6) is 0.0728. The highest BCUT2D eigenvalue weighted by molar-refractivity contribution is 5.99. The molecular weight excluding hydrogens is 224 g/mol. The summed E-state index contributed by atoms with van der Waals surface area (Å²) in [6, 6.07) is 6.14. The van der Waals surface area contributed by atoms with Crippen LogP contribution in [0, 0.1) is 6.92 Å². The first-order valence-corrected chi connectivity index (χ1v) is 6.59. The van der Waals surface area contributed by atoms with Gasteiger partial charge in [0.1, 0.15) is 0 Å². The van der Waals surface area contributed by atoms with Crippen molar-refractivity contribution < 1.29 is 4.79 Å². The molecule has 0 saturated carbocycles. The lowest BCUT2D eigenvalue weighted by Crippen LogP contribution is -2.33. The van der Waals surface area contributed by atoms with E-state index >= 15 is 0 Å².